The molecule has 1 N–H and O–H groups in total. The number of carbonyl (C=O) groups is 2. The summed E-state index contributed by atoms with van der Waals surface area (Å²) in [5, 5.41) is 9.07. The number of carboxylic acid groups (broad SMARTS) is 1. The van der Waals surface area contributed by atoms with Gasteiger partial charge < -0.3 is 5.11 Å². The van der Waals surface area contributed by atoms with Gasteiger partial charge in [-0.15, -0.1) is 0 Å². The summed E-state index contributed by atoms with van der Waals surface area (Å²) in [5.41, 5.74) is 2.98. The van der Waals surface area contributed by atoms with Gasteiger partial charge in [-0.25, -0.2) is 0 Å². The average Bonchev–Trinajstić information content (AvgIpc) is 2.48. The lowest BCUT2D eigenvalue weighted by Gasteiger charge is -2.22. The van der Waals surface area contributed by atoms with Crippen molar-refractivity contribution >= 4 is 17.6 Å². The Bertz CT molecular complexity index is 665. The van der Waals surface area contributed by atoms with Crippen molar-refractivity contribution < 1.29 is 14.7 Å². The number of hydrogen-bond donors (Lipinski definition) is 1. The quantitative estimate of drug-likeness (QED) is 0.938. The highest BCUT2D eigenvalue weighted by atomic mass is 16.4. The monoisotopic (exact) mass is 283 g/mol. The van der Waals surface area contributed by atoms with Crippen LogP contribution in [0.4, 0.5) is 5.69 Å². The second-order valence-electron chi connectivity index (χ2n) is 4.87. The number of aliphatic carboxylic acids is 1. The summed E-state index contributed by atoms with van der Waals surface area (Å²) in [7, 11) is 0. The van der Waals surface area contributed by atoms with Crippen LogP contribution in [0.3, 0.4) is 0 Å². The molecule has 2 aromatic rings. The zero-order chi connectivity index (χ0) is 15.4. The van der Waals surface area contributed by atoms with Gasteiger partial charge in [0.15, 0.2) is 0 Å². The predicted molar refractivity (Wildman–Crippen MR) is 81.7 cm³/mol. The standard InChI is InChI=1S/C17H17NO3/c1-12-7-6-10-15(13(12)2)17(21)18(11-16(19)20)14-8-4-3-5-9-14/h3-10H,11H2,1-2H3,(H,19,20). The highest BCUT2D eigenvalue weighted by molar-refractivity contribution is 6.09. The van der Waals surface area contributed by atoms with Crippen LogP contribution in [0, 0.1) is 13.8 Å². The van der Waals surface area contributed by atoms with Gasteiger partial charge in [0.25, 0.3) is 5.91 Å². The van der Waals surface area contributed by atoms with E-state index in [1.807, 2.05) is 26.0 Å². The van der Waals surface area contributed by atoms with Crippen LogP contribution >= 0.6 is 0 Å². The summed E-state index contributed by atoms with van der Waals surface area (Å²) in [5.74, 6) is -1.35. The molecule has 4 nitrogen and oxygen atoms in total. The van der Waals surface area contributed by atoms with Gasteiger partial charge in [-0.1, -0.05) is 30.3 Å². The number of rotatable bonds is 4. The number of benzene rings is 2. The Labute approximate surface area is 123 Å². The molecule has 4 heteroatoms. The van der Waals surface area contributed by atoms with Gasteiger partial charge in [0.2, 0.25) is 0 Å². The van der Waals surface area contributed by atoms with E-state index < -0.39 is 5.97 Å². The Hall–Kier alpha value is -2.62. The summed E-state index contributed by atoms with van der Waals surface area (Å²) < 4.78 is 0. The normalized spacial score (nSPS) is 10.2. The lowest BCUT2D eigenvalue weighted by Crippen LogP contribution is -2.36. The van der Waals surface area contributed by atoms with E-state index in [4.69, 9.17) is 5.11 Å². The maximum Gasteiger partial charge on any atom is 0.323 e. The van der Waals surface area contributed by atoms with Crippen molar-refractivity contribution in [1.29, 1.82) is 0 Å². The maximum absolute atomic E-state index is 12.7. The third-order valence-electron chi connectivity index (χ3n) is 3.44. The molecule has 21 heavy (non-hydrogen) atoms. The Morgan fingerprint density at radius 1 is 1.00 bits per heavy atom. The van der Waals surface area contributed by atoms with Crippen LogP contribution < -0.4 is 4.90 Å². The fourth-order valence-electron chi connectivity index (χ4n) is 2.15. The molecule has 2 rings (SSSR count). The van der Waals surface area contributed by atoms with Gasteiger partial charge in [-0.05, 0) is 43.2 Å². The zero-order valence-electron chi connectivity index (χ0n) is 12.0. The molecule has 0 atom stereocenters. The van der Waals surface area contributed by atoms with Crippen molar-refractivity contribution in [2.45, 2.75) is 13.8 Å². The number of carbonyl (C=O) groups excluding carboxylic acids is 1. The van der Waals surface area contributed by atoms with Crippen LogP contribution in [-0.2, 0) is 4.79 Å². The number of aryl methyl sites for hydroxylation is 1. The molecule has 108 valence electrons. The van der Waals surface area contributed by atoms with E-state index in [0.29, 0.717) is 11.3 Å². The van der Waals surface area contributed by atoms with Gasteiger partial charge in [0.1, 0.15) is 6.54 Å². The Kier molecular flexibility index (Phi) is 4.38. The minimum atomic E-state index is -1.04. The molecule has 0 spiro atoms. The van der Waals surface area contributed by atoms with E-state index in [1.54, 1.807) is 36.4 Å². The van der Waals surface area contributed by atoms with Crippen LogP contribution in [0.5, 0.6) is 0 Å². The molecule has 0 radical (unpaired) electrons. The molecule has 0 aliphatic heterocycles. The van der Waals surface area contributed by atoms with Crippen LogP contribution in [0.25, 0.3) is 0 Å². The molecule has 2 aromatic carbocycles. The topological polar surface area (TPSA) is 57.6 Å². The third kappa shape index (κ3) is 3.28. The summed E-state index contributed by atoms with van der Waals surface area (Å²) in [4.78, 5) is 25.1. The third-order valence-corrected chi connectivity index (χ3v) is 3.44. The highest BCUT2D eigenvalue weighted by Gasteiger charge is 2.21. The van der Waals surface area contributed by atoms with Crippen molar-refractivity contribution in [3.05, 3.63) is 65.2 Å². The van der Waals surface area contributed by atoms with Crippen LogP contribution in [0.15, 0.2) is 48.5 Å². The zero-order valence-corrected chi connectivity index (χ0v) is 12.0. The van der Waals surface area contributed by atoms with Crippen LogP contribution in [0.1, 0.15) is 21.5 Å². The number of amides is 1. The van der Waals surface area contributed by atoms with E-state index in [9.17, 15) is 9.59 Å². The van der Waals surface area contributed by atoms with E-state index in [2.05, 4.69) is 0 Å². The number of hydrogen-bond acceptors (Lipinski definition) is 2. The van der Waals surface area contributed by atoms with E-state index in [-0.39, 0.29) is 12.5 Å². The van der Waals surface area contributed by atoms with Crippen LogP contribution in [0.2, 0.25) is 0 Å². The van der Waals surface area contributed by atoms with Crippen LogP contribution in [-0.4, -0.2) is 23.5 Å². The second-order valence-corrected chi connectivity index (χ2v) is 4.87. The van der Waals surface area contributed by atoms with E-state index in [0.717, 1.165) is 11.1 Å². The molecular formula is C17H17NO3. The molecule has 0 unspecified atom stereocenters. The summed E-state index contributed by atoms with van der Waals surface area (Å²) >= 11 is 0. The number of carboxylic acids is 1. The number of para-hydroxylation sites is 1. The summed E-state index contributed by atoms with van der Waals surface area (Å²) in [6.07, 6.45) is 0. The van der Waals surface area contributed by atoms with E-state index >= 15 is 0 Å². The number of anilines is 1. The van der Waals surface area contributed by atoms with E-state index in [1.165, 1.54) is 4.90 Å². The first-order valence-electron chi connectivity index (χ1n) is 6.65. The highest BCUT2D eigenvalue weighted by Crippen LogP contribution is 2.20. The van der Waals surface area contributed by atoms with Crippen molar-refractivity contribution in [1.82, 2.24) is 0 Å². The lowest BCUT2D eigenvalue weighted by molar-refractivity contribution is -0.135. The first-order chi connectivity index (χ1) is 10.0. The molecule has 0 fully saturated rings. The van der Waals surface area contributed by atoms with Crippen molar-refractivity contribution in [3.63, 3.8) is 0 Å². The van der Waals surface area contributed by atoms with Crippen molar-refractivity contribution in [3.8, 4) is 0 Å². The summed E-state index contributed by atoms with van der Waals surface area (Å²) in [6, 6.07) is 14.3. The van der Waals surface area contributed by atoms with Crippen molar-refractivity contribution in [2.75, 3.05) is 11.4 Å². The predicted octanol–water partition coefficient (Wildman–Crippen LogP) is 3.03. The molecule has 0 saturated carbocycles. The van der Waals surface area contributed by atoms with Gasteiger partial charge in [-0.3, -0.25) is 14.5 Å². The molecule has 0 aliphatic rings. The molecule has 0 aromatic heterocycles. The molecular weight excluding hydrogens is 266 g/mol. The molecule has 0 saturated heterocycles. The van der Waals surface area contributed by atoms with Gasteiger partial charge in [-0.2, -0.15) is 0 Å². The number of nitrogens with zero attached hydrogens (tertiary/aromatic N) is 1. The second kappa shape index (κ2) is 6.22. The largest absolute Gasteiger partial charge is 0.480 e. The molecule has 1 amide bonds. The molecule has 0 bridgehead atoms. The maximum atomic E-state index is 12.7. The molecule has 0 aliphatic carbocycles. The first kappa shape index (κ1) is 14.8. The summed E-state index contributed by atoms with van der Waals surface area (Å²) in [6.45, 7) is 3.43. The van der Waals surface area contributed by atoms with Gasteiger partial charge in [0.05, 0.1) is 0 Å². The molecule has 0 heterocycles. The van der Waals surface area contributed by atoms with Gasteiger partial charge >= 0.3 is 5.97 Å². The average molecular weight is 283 g/mol. The fraction of sp³-hybridized carbons (Fsp3) is 0.176. The minimum absolute atomic E-state index is 0.301. The Morgan fingerprint density at radius 2 is 1.67 bits per heavy atom. The fourth-order valence-corrected chi connectivity index (χ4v) is 2.15. The Morgan fingerprint density at radius 3 is 2.29 bits per heavy atom. The lowest BCUT2D eigenvalue weighted by atomic mass is 10.0. The smallest absolute Gasteiger partial charge is 0.323 e. The Balaban J connectivity index is 2.44. The SMILES string of the molecule is Cc1cccc(C(=O)N(CC(=O)O)c2ccccc2)c1C. The minimum Gasteiger partial charge on any atom is -0.480 e. The first-order valence-corrected chi connectivity index (χ1v) is 6.65. The van der Waals surface area contributed by atoms with Crippen molar-refractivity contribution in [2.24, 2.45) is 0 Å². The van der Waals surface area contributed by atoms with Gasteiger partial charge in [0, 0.05) is 11.3 Å².